The summed E-state index contributed by atoms with van der Waals surface area (Å²) in [4.78, 5) is 11.6. The quantitative estimate of drug-likeness (QED) is 0.835. The van der Waals surface area contributed by atoms with E-state index in [1.807, 2.05) is 6.92 Å². The molecule has 0 saturated heterocycles. The Kier molecular flexibility index (Phi) is 5.35. The number of nitrogens with one attached hydrogen (secondary N) is 1. The van der Waals surface area contributed by atoms with Crippen molar-refractivity contribution in [3.05, 3.63) is 34.4 Å². The van der Waals surface area contributed by atoms with Crippen LogP contribution in [0.1, 0.15) is 29.2 Å². The molecule has 3 nitrogen and oxygen atoms in total. The highest BCUT2D eigenvalue weighted by Gasteiger charge is 2.10. The van der Waals surface area contributed by atoms with E-state index in [2.05, 4.69) is 38.2 Å². The number of hydrogen-bond acceptors (Lipinski definition) is 2. The van der Waals surface area contributed by atoms with Crippen LogP contribution in [0.5, 0.6) is 0 Å². The highest BCUT2D eigenvalue weighted by molar-refractivity contribution is 5.78. The molecule has 3 heteroatoms. The summed E-state index contributed by atoms with van der Waals surface area (Å²) in [6.45, 7) is 9.27. The minimum Gasteiger partial charge on any atom is -0.355 e. The van der Waals surface area contributed by atoms with Crippen molar-refractivity contribution in [2.24, 2.45) is 11.7 Å². The predicted octanol–water partition coefficient (Wildman–Crippen LogP) is 1.87. The molecule has 1 rings (SSSR count). The Labute approximate surface area is 110 Å². The molecule has 0 saturated carbocycles. The first-order valence-corrected chi connectivity index (χ1v) is 6.50. The molecule has 0 aromatic heterocycles. The Hall–Kier alpha value is -1.35. The molecule has 1 unspecified atom stereocenters. The van der Waals surface area contributed by atoms with Crippen molar-refractivity contribution in [3.8, 4) is 0 Å². The summed E-state index contributed by atoms with van der Waals surface area (Å²) in [6, 6.07) is 4.37. The van der Waals surface area contributed by atoms with Gasteiger partial charge >= 0.3 is 0 Å². The molecule has 1 aromatic carbocycles. The number of benzene rings is 1. The minimum atomic E-state index is -0.106. The lowest BCUT2D eigenvalue weighted by Gasteiger charge is -2.13. The van der Waals surface area contributed by atoms with Crippen molar-refractivity contribution in [2.45, 2.75) is 34.1 Å². The van der Waals surface area contributed by atoms with Crippen LogP contribution in [0.15, 0.2) is 12.1 Å². The largest absolute Gasteiger partial charge is 0.355 e. The molecule has 0 aliphatic rings. The second-order valence-electron chi connectivity index (χ2n) is 5.06. The van der Waals surface area contributed by atoms with Crippen LogP contribution >= 0.6 is 0 Å². The maximum atomic E-state index is 11.6. The number of amides is 1. The first kappa shape index (κ1) is 14.7. The summed E-state index contributed by atoms with van der Waals surface area (Å²) in [6.07, 6.45) is 0.876. The fraction of sp³-hybridized carbons (Fsp3) is 0.533. The zero-order chi connectivity index (χ0) is 13.7. The molecule has 0 aliphatic heterocycles. The van der Waals surface area contributed by atoms with Gasteiger partial charge in [-0.25, -0.2) is 0 Å². The van der Waals surface area contributed by atoms with Gasteiger partial charge in [-0.1, -0.05) is 24.6 Å². The highest BCUT2D eigenvalue weighted by Crippen LogP contribution is 2.16. The molecule has 1 aromatic rings. The topological polar surface area (TPSA) is 55.1 Å². The molecular weight excluding hydrogens is 224 g/mol. The summed E-state index contributed by atoms with van der Waals surface area (Å²) in [5.74, 6) is -0.0647. The number of nitrogens with two attached hydrogens (primary N) is 1. The van der Waals surface area contributed by atoms with Gasteiger partial charge in [-0.05, 0) is 43.9 Å². The van der Waals surface area contributed by atoms with Gasteiger partial charge < -0.3 is 11.1 Å². The van der Waals surface area contributed by atoms with Crippen LogP contribution in [0, 0.1) is 26.7 Å². The summed E-state index contributed by atoms with van der Waals surface area (Å²) in [5, 5.41) is 2.93. The molecule has 0 fully saturated rings. The first-order valence-electron chi connectivity index (χ1n) is 6.50. The lowest BCUT2D eigenvalue weighted by Crippen LogP contribution is -2.34. The van der Waals surface area contributed by atoms with Crippen molar-refractivity contribution in [3.63, 3.8) is 0 Å². The maximum Gasteiger partial charge on any atom is 0.224 e. The van der Waals surface area contributed by atoms with Crippen molar-refractivity contribution >= 4 is 5.91 Å². The van der Waals surface area contributed by atoms with Crippen LogP contribution in [0.2, 0.25) is 0 Å². The van der Waals surface area contributed by atoms with E-state index in [1.165, 1.54) is 22.3 Å². The standard InChI is InChI=1S/C15H24N2O/c1-10-7-11(2)14(12(3)8-10)5-6-17-15(18)13(4)9-16/h7-8,13H,5-6,9,16H2,1-4H3,(H,17,18). The average molecular weight is 248 g/mol. The van der Waals surface area contributed by atoms with Crippen LogP contribution < -0.4 is 11.1 Å². The monoisotopic (exact) mass is 248 g/mol. The van der Waals surface area contributed by atoms with Gasteiger partial charge in [-0.2, -0.15) is 0 Å². The normalized spacial score (nSPS) is 12.3. The maximum absolute atomic E-state index is 11.6. The minimum absolute atomic E-state index is 0.0416. The van der Waals surface area contributed by atoms with Crippen LogP contribution in [0.3, 0.4) is 0 Å². The van der Waals surface area contributed by atoms with Gasteiger partial charge in [0.2, 0.25) is 5.91 Å². The van der Waals surface area contributed by atoms with E-state index >= 15 is 0 Å². The lowest BCUT2D eigenvalue weighted by atomic mass is 9.97. The van der Waals surface area contributed by atoms with E-state index in [1.54, 1.807) is 0 Å². The second kappa shape index (κ2) is 6.55. The second-order valence-corrected chi connectivity index (χ2v) is 5.06. The summed E-state index contributed by atoms with van der Waals surface area (Å²) >= 11 is 0. The molecule has 0 bridgehead atoms. The number of carbonyl (C=O) groups is 1. The van der Waals surface area contributed by atoms with Crippen molar-refractivity contribution in [2.75, 3.05) is 13.1 Å². The lowest BCUT2D eigenvalue weighted by molar-refractivity contribution is -0.124. The van der Waals surface area contributed by atoms with E-state index in [0.717, 1.165) is 6.42 Å². The van der Waals surface area contributed by atoms with Gasteiger partial charge in [0.15, 0.2) is 0 Å². The Bertz CT molecular complexity index is 403. The van der Waals surface area contributed by atoms with E-state index in [4.69, 9.17) is 5.73 Å². The Balaban J connectivity index is 2.57. The summed E-state index contributed by atoms with van der Waals surface area (Å²) < 4.78 is 0. The Morgan fingerprint density at radius 3 is 2.33 bits per heavy atom. The third-order valence-corrected chi connectivity index (χ3v) is 3.32. The van der Waals surface area contributed by atoms with E-state index in [-0.39, 0.29) is 11.8 Å². The Morgan fingerprint density at radius 1 is 1.28 bits per heavy atom. The van der Waals surface area contributed by atoms with Gasteiger partial charge in [0.05, 0.1) is 0 Å². The van der Waals surface area contributed by atoms with Gasteiger partial charge in [-0.15, -0.1) is 0 Å². The summed E-state index contributed by atoms with van der Waals surface area (Å²) in [7, 11) is 0. The third-order valence-electron chi connectivity index (χ3n) is 3.32. The molecule has 1 atom stereocenters. The zero-order valence-electron chi connectivity index (χ0n) is 11.8. The van der Waals surface area contributed by atoms with Gasteiger partial charge in [-0.3, -0.25) is 4.79 Å². The van der Waals surface area contributed by atoms with E-state index in [9.17, 15) is 4.79 Å². The molecule has 0 radical (unpaired) electrons. The molecule has 1 amide bonds. The average Bonchev–Trinajstić information content (AvgIpc) is 2.31. The molecule has 100 valence electrons. The van der Waals surface area contributed by atoms with Crippen LogP contribution in [-0.4, -0.2) is 19.0 Å². The van der Waals surface area contributed by atoms with E-state index in [0.29, 0.717) is 13.1 Å². The molecule has 0 aliphatic carbocycles. The van der Waals surface area contributed by atoms with Crippen LogP contribution in [-0.2, 0) is 11.2 Å². The Morgan fingerprint density at radius 2 is 1.83 bits per heavy atom. The number of hydrogen-bond donors (Lipinski definition) is 2. The fourth-order valence-electron chi connectivity index (χ4n) is 2.20. The third kappa shape index (κ3) is 3.84. The highest BCUT2D eigenvalue weighted by atomic mass is 16.1. The molecule has 0 spiro atoms. The van der Waals surface area contributed by atoms with Crippen LogP contribution in [0.4, 0.5) is 0 Å². The van der Waals surface area contributed by atoms with Crippen molar-refractivity contribution in [1.82, 2.24) is 5.32 Å². The van der Waals surface area contributed by atoms with Crippen molar-refractivity contribution < 1.29 is 4.79 Å². The number of aryl methyl sites for hydroxylation is 3. The molecule has 0 heterocycles. The predicted molar refractivity (Wildman–Crippen MR) is 75.6 cm³/mol. The fourth-order valence-corrected chi connectivity index (χ4v) is 2.20. The smallest absolute Gasteiger partial charge is 0.224 e. The van der Waals surface area contributed by atoms with E-state index < -0.39 is 0 Å². The molecule has 18 heavy (non-hydrogen) atoms. The molecule has 3 N–H and O–H groups in total. The van der Waals surface area contributed by atoms with Gasteiger partial charge in [0.1, 0.15) is 0 Å². The van der Waals surface area contributed by atoms with Gasteiger partial charge in [0, 0.05) is 19.0 Å². The SMILES string of the molecule is Cc1cc(C)c(CCNC(=O)C(C)CN)c(C)c1. The van der Waals surface area contributed by atoms with Gasteiger partial charge in [0.25, 0.3) is 0 Å². The van der Waals surface area contributed by atoms with Crippen LogP contribution in [0.25, 0.3) is 0 Å². The number of rotatable bonds is 5. The first-order chi connectivity index (χ1) is 8.45. The van der Waals surface area contributed by atoms with Crippen molar-refractivity contribution in [1.29, 1.82) is 0 Å². The summed E-state index contributed by atoms with van der Waals surface area (Å²) in [5.41, 5.74) is 10.7. The number of carbonyl (C=O) groups excluding carboxylic acids is 1. The zero-order valence-corrected chi connectivity index (χ0v) is 11.8. The molecular formula is C15H24N2O.